The summed E-state index contributed by atoms with van der Waals surface area (Å²) in [5.41, 5.74) is 0.291. The number of nitrogens with zero attached hydrogens (tertiary/aromatic N) is 2. The van der Waals surface area contributed by atoms with E-state index in [1.165, 1.54) is 0 Å². The maximum Gasteiger partial charge on any atom is 0.282 e. The van der Waals surface area contributed by atoms with Crippen LogP contribution < -0.4 is 0 Å². The fourth-order valence-corrected chi connectivity index (χ4v) is 2.03. The molecule has 0 saturated heterocycles. The van der Waals surface area contributed by atoms with E-state index in [9.17, 15) is 13.6 Å². The van der Waals surface area contributed by atoms with Crippen LogP contribution in [0.4, 0.5) is 8.78 Å². The molecular formula is C12H8Cl2F2N2O. The molecule has 0 fully saturated rings. The van der Waals surface area contributed by atoms with Crippen molar-refractivity contribution in [1.82, 2.24) is 9.78 Å². The summed E-state index contributed by atoms with van der Waals surface area (Å²) in [6, 6.07) is 4.88. The third-order valence-electron chi connectivity index (χ3n) is 2.62. The second-order valence-electron chi connectivity index (χ2n) is 3.85. The van der Waals surface area contributed by atoms with Crippen molar-refractivity contribution in [3.63, 3.8) is 0 Å². The van der Waals surface area contributed by atoms with E-state index in [1.54, 1.807) is 25.1 Å². The lowest BCUT2D eigenvalue weighted by atomic mass is 10.2. The SMILES string of the molecule is Cc1ccc(-n2nc(C(F)F)c(C=O)c2Cl)cc1Cl. The zero-order chi connectivity index (χ0) is 14.2. The van der Waals surface area contributed by atoms with E-state index in [1.807, 2.05) is 0 Å². The van der Waals surface area contributed by atoms with Gasteiger partial charge in [0.05, 0.1) is 11.3 Å². The number of carbonyl (C=O) groups is 1. The van der Waals surface area contributed by atoms with Gasteiger partial charge in [0.1, 0.15) is 10.8 Å². The van der Waals surface area contributed by atoms with E-state index in [2.05, 4.69) is 5.10 Å². The van der Waals surface area contributed by atoms with Gasteiger partial charge in [0, 0.05) is 5.02 Å². The maximum absolute atomic E-state index is 12.7. The number of aldehydes is 1. The van der Waals surface area contributed by atoms with E-state index in [0.29, 0.717) is 10.7 Å². The summed E-state index contributed by atoms with van der Waals surface area (Å²) >= 11 is 11.9. The van der Waals surface area contributed by atoms with Gasteiger partial charge in [-0.25, -0.2) is 13.5 Å². The van der Waals surface area contributed by atoms with Gasteiger partial charge in [-0.15, -0.1) is 0 Å². The van der Waals surface area contributed by atoms with Crippen LogP contribution in [0.25, 0.3) is 5.69 Å². The van der Waals surface area contributed by atoms with Gasteiger partial charge < -0.3 is 0 Å². The number of rotatable bonds is 3. The average molecular weight is 305 g/mol. The molecule has 0 radical (unpaired) electrons. The second-order valence-corrected chi connectivity index (χ2v) is 4.62. The Balaban J connectivity index is 2.62. The zero-order valence-electron chi connectivity index (χ0n) is 9.70. The summed E-state index contributed by atoms with van der Waals surface area (Å²) < 4.78 is 26.6. The average Bonchev–Trinajstić information content (AvgIpc) is 2.70. The molecule has 100 valence electrons. The summed E-state index contributed by atoms with van der Waals surface area (Å²) in [4.78, 5) is 10.8. The highest BCUT2D eigenvalue weighted by atomic mass is 35.5. The number of hydrogen-bond acceptors (Lipinski definition) is 2. The molecule has 3 nitrogen and oxygen atoms in total. The standard InChI is InChI=1S/C12H8Cl2F2N2O/c1-6-2-3-7(4-9(6)13)18-11(14)8(5-19)10(17-18)12(15)16/h2-5,12H,1H3. The fourth-order valence-electron chi connectivity index (χ4n) is 1.58. The first-order chi connectivity index (χ1) is 8.95. The van der Waals surface area contributed by atoms with Gasteiger partial charge in [-0.1, -0.05) is 29.3 Å². The molecule has 1 heterocycles. The lowest BCUT2D eigenvalue weighted by Gasteiger charge is -2.05. The van der Waals surface area contributed by atoms with Crippen molar-refractivity contribution in [2.45, 2.75) is 13.3 Å². The predicted molar refractivity (Wildman–Crippen MR) is 68.7 cm³/mol. The molecule has 0 spiro atoms. The zero-order valence-corrected chi connectivity index (χ0v) is 11.2. The van der Waals surface area contributed by atoms with Gasteiger partial charge in [0.2, 0.25) is 0 Å². The van der Waals surface area contributed by atoms with Gasteiger partial charge >= 0.3 is 0 Å². The van der Waals surface area contributed by atoms with E-state index >= 15 is 0 Å². The van der Waals surface area contributed by atoms with Gasteiger partial charge in [-0.2, -0.15) is 5.10 Å². The van der Waals surface area contributed by atoms with E-state index < -0.39 is 12.1 Å². The molecule has 1 aromatic heterocycles. The molecule has 0 atom stereocenters. The first kappa shape index (κ1) is 14.0. The van der Waals surface area contributed by atoms with Gasteiger partial charge in [0.25, 0.3) is 6.43 Å². The highest BCUT2D eigenvalue weighted by Crippen LogP contribution is 2.29. The van der Waals surface area contributed by atoms with E-state index in [4.69, 9.17) is 23.2 Å². The molecule has 0 aliphatic carbocycles. The minimum absolute atomic E-state index is 0.162. The van der Waals surface area contributed by atoms with Crippen LogP contribution in [-0.4, -0.2) is 16.1 Å². The van der Waals surface area contributed by atoms with Crippen molar-refractivity contribution in [3.8, 4) is 5.69 Å². The molecule has 19 heavy (non-hydrogen) atoms. The molecule has 1 aromatic carbocycles. The molecule has 0 bridgehead atoms. The number of aryl methyl sites for hydroxylation is 1. The van der Waals surface area contributed by atoms with E-state index in [0.717, 1.165) is 10.2 Å². The summed E-state index contributed by atoms with van der Waals surface area (Å²) in [5.74, 6) is 0. The highest BCUT2D eigenvalue weighted by Gasteiger charge is 2.23. The Bertz CT molecular complexity index is 641. The molecule has 2 rings (SSSR count). The summed E-state index contributed by atoms with van der Waals surface area (Å²) in [6.07, 6.45) is -2.61. The van der Waals surface area contributed by atoms with Crippen LogP contribution in [0.3, 0.4) is 0 Å². The molecule has 0 unspecified atom stereocenters. The molecule has 0 N–H and O–H groups in total. The van der Waals surface area contributed by atoms with Crippen LogP contribution in [0, 0.1) is 6.92 Å². The van der Waals surface area contributed by atoms with Gasteiger partial charge in [-0.05, 0) is 24.6 Å². The molecule has 0 saturated carbocycles. The molecular weight excluding hydrogens is 297 g/mol. The van der Waals surface area contributed by atoms with Crippen molar-refractivity contribution >= 4 is 29.5 Å². The van der Waals surface area contributed by atoms with Crippen LogP contribution in [0.1, 0.15) is 28.0 Å². The van der Waals surface area contributed by atoms with Crippen LogP contribution in [-0.2, 0) is 0 Å². The number of benzene rings is 1. The van der Waals surface area contributed by atoms with Crippen molar-refractivity contribution in [1.29, 1.82) is 0 Å². The number of halogens is 4. The Morgan fingerprint density at radius 2 is 2.05 bits per heavy atom. The Labute approximate surface area is 117 Å². The quantitative estimate of drug-likeness (QED) is 0.795. The van der Waals surface area contributed by atoms with Crippen molar-refractivity contribution in [2.75, 3.05) is 0 Å². The largest absolute Gasteiger partial charge is 0.298 e. The minimum atomic E-state index is -2.88. The Morgan fingerprint density at radius 1 is 1.37 bits per heavy atom. The molecule has 7 heteroatoms. The number of hydrogen-bond donors (Lipinski definition) is 0. The lowest BCUT2D eigenvalue weighted by molar-refractivity contribution is 0.110. The van der Waals surface area contributed by atoms with Gasteiger partial charge in [0.15, 0.2) is 6.29 Å². The minimum Gasteiger partial charge on any atom is -0.298 e. The topological polar surface area (TPSA) is 34.9 Å². The van der Waals surface area contributed by atoms with Crippen molar-refractivity contribution in [3.05, 3.63) is 45.2 Å². The normalized spacial score (nSPS) is 11.1. The maximum atomic E-state index is 12.7. The van der Waals surface area contributed by atoms with Crippen LogP contribution >= 0.6 is 23.2 Å². The third kappa shape index (κ3) is 2.48. The summed E-state index contributed by atoms with van der Waals surface area (Å²) in [7, 11) is 0. The smallest absolute Gasteiger partial charge is 0.282 e. The van der Waals surface area contributed by atoms with Crippen molar-refractivity contribution < 1.29 is 13.6 Å². The molecule has 2 aromatic rings. The lowest BCUT2D eigenvalue weighted by Crippen LogP contribution is -1.98. The Morgan fingerprint density at radius 3 is 2.53 bits per heavy atom. The number of carbonyl (C=O) groups excluding carboxylic acids is 1. The summed E-state index contributed by atoms with van der Waals surface area (Å²) in [5, 5.41) is 3.96. The monoisotopic (exact) mass is 304 g/mol. The van der Waals surface area contributed by atoms with Crippen LogP contribution in [0.2, 0.25) is 10.2 Å². The number of aromatic nitrogens is 2. The highest BCUT2D eigenvalue weighted by molar-refractivity contribution is 6.32. The molecule has 0 aliphatic rings. The first-order valence-electron chi connectivity index (χ1n) is 5.24. The fraction of sp³-hybridized carbons (Fsp3) is 0.167. The molecule has 0 aliphatic heterocycles. The molecule has 0 amide bonds. The number of alkyl halides is 2. The van der Waals surface area contributed by atoms with E-state index in [-0.39, 0.29) is 17.0 Å². The van der Waals surface area contributed by atoms with Crippen LogP contribution in [0.15, 0.2) is 18.2 Å². The van der Waals surface area contributed by atoms with Crippen LogP contribution in [0.5, 0.6) is 0 Å². The van der Waals surface area contributed by atoms with Gasteiger partial charge in [-0.3, -0.25) is 4.79 Å². The second kappa shape index (κ2) is 5.27. The summed E-state index contributed by atoms with van der Waals surface area (Å²) in [6.45, 7) is 1.80. The van der Waals surface area contributed by atoms with Crippen molar-refractivity contribution in [2.24, 2.45) is 0 Å². The Hall–Kier alpha value is -1.46. The predicted octanol–water partition coefficient (Wildman–Crippen LogP) is 4.24. The third-order valence-corrected chi connectivity index (χ3v) is 3.39. The first-order valence-corrected chi connectivity index (χ1v) is 5.99. The Kier molecular flexibility index (Phi) is 3.87.